The number of hydrogen-bond acceptors (Lipinski definition) is 18. The molecule has 0 aromatic rings. The maximum atomic E-state index is 10.1. The number of carbonyl (C=O) groups is 9. The van der Waals surface area contributed by atoms with Crippen molar-refractivity contribution in [3.63, 3.8) is 0 Å². The van der Waals surface area contributed by atoms with Crippen LogP contribution in [0.4, 0.5) is 0 Å². The van der Waals surface area contributed by atoms with Gasteiger partial charge in [0.2, 0.25) is 0 Å². The number of ether oxygens (including phenoxy) is 3. The van der Waals surface area contributed by atoms with Crippen LogP contribution in [0.2, 0.25) is 0 Å². The van der Waals surface area contributed by atoms with Gasteiger partial charge in [0.15, 0.2) is 0 Å². The molecule has 21 nitrogen and oxygen atoms in total. The summed E-state index contributed by atoms with van der Waals surface area (Å²) in [5.41, 5.74) is 0. The Labute approximate surface area is 272 Å². The zero-order valence-corrected chi connectivity index (χ0v) is 30.2. The van der Waals surface area contributed by atoms with Crippen molar-refractivity contribution in [3.05, 3.63) is 0 Å². The van der Waals surface area contributed by atoms with Crippen LogP contribution < -0.4 is 30.6 Å². The van der Waals surface area contributed by atoms with Crippen LogP contribution in [0.5, 0.6) is 0 Å². The first-order valence-electron chi connectivity index (χ1n) is 9.52. The van der Waals surface area contributed by atoms with E-state index in [0.717, 1.165) is 0 Å². The molecule has 0 fully saturated rings. The third-order valence-electron chi connectivity index (χ3n) is 3.07. The molecule has 3 atom stereocenters. The Bertz CT molecular complexity index is 793. The van der Waals surface area contributed by atoms with Gasteiger partial charge < -0.3 is 88.9 Å². The Balaban J connectivity index is -0.000000112. The van der Waals surface area contributed by atoms with Gasteiger partial charge in [0.25, 0.3) is 0 Å². The van der Waals surface area contributed by atoms with Crippen LogP contribution >= 0.6 is 0 Å². The van der Waals surface area contributed by atoms with Gasteiger partial charge in [0.05, 0.1) is 17.9 Å². The van der Waals surface area contributed by atoms with Crippen LogP contribution in [0.15, 0.2) is 0 Å². The van der Waals surface area contributed by atoms with E-state index in [9.17, 15) is 73.8 Å². The molecule has 0 aromatic heterocycles. The molecule has 0 aliphatic carbocycles. The van der Waals surface area contributed by atoms with E-state index < -0.39 is 111 Å². The normalized spacial score (nSPS) is 11.1. The molecule has 0 spiro atoms. The Morgan fingerprint density at radius 2 is 0.595 bits per heavy atom. The summed E-state index contributed by atoms with van der Waals surface area (Å²) in [4.78, 5) is 89.9. The van der Waals surface area contributed by atoms with Crippen molar-refractivity contribution in [2.75, 3.05) is 19.8 Å². The molecular formula is C18H18O21Zn3. The van der Waals surface area contributed by atoms with Gasteiger partial charge in [-0.05, 0) is 0 Å². The molecule has 222 valence electrons. The summed E-state index contributed by atoms with van der Waals surface area (Å²) >= 11 is 0. The first-order valence-corrected chi connectivity index (χ1v) is 9.52. The molecule has 0 aromatic carbocycles. The summed E-state index contributed by atoms with van der Waals surface area (Å²) in [6.45, 7) is -2.69. The van der Waals surface area contributed by atoms with Crippen molar-refractivity contribution in [3.8, 4) is 0 Å². The zero-order chi connectivity index (χ0) is 31.3. The largest absolute Gasteiger partial charge is 2.00 e. The third-order valence-corrected chi connectivity index (χ3v) is 3.07. The van der Waals surface area contributed by atoms with E-state index in [1.165, 1.54) is 0 Å². The molecular weight excluding hydrogens is 748 g/mol. The number of carbonyl (C=O) groups excluding carboxylic acids is 6. The molecule has 0 heterocycles. The van der Waals surface area contributed by atoms with E-state index in [2.05, 4.69) is 14.2 Å². The van der Waals surface area contributed by atoms with Crippen LogP contribution in [0.1, 0.15) is 19.3 Å². The Kier molecular flexibility index (Phi) is 36.3. The molecule has 42 heavy (non-hydrogen) atoms. The minimum atomic E-state index is -1.79. The molecule has 0 aliphatic heterocycles. The molecule has 0 saturated heterocycles. The summed E-state index contributed by atoms with van der Waals surface area (Å²) < 4.78 is 12.6. The Morgan fingerprint density at radius 3 is 0.690 bits per heavy atom. The average Bonchev–Trinajstić information content (AvgIpc) is 2.76. The van der Waals surface area contributed by atoms with Gasteiger partial charge in [0.1, 0.15) is 38.1 Å². The zero-order valence-electron chi connectivity index (χ0n) is 21.3. The van der Waals surface area contributed by atoms with Gasteiger partial charge in [-0.2, -0.15) is 0 Å². The van der Waals surface area contributed by atoms with Crippen molar-refractivity contribution < 1.29 is 162 Å². The van der Waals surface area contributed by atoms with Crippen LogP contribution in [0, 0.1) is 0 Å². The maximum absolute atomic E-state index is 10.1. The molecule has 0 amide bonds. The summed E-state index contributed by atoms with van der Waals surface area (Å²) in [6.07, 6.45) is -8.18. The standard InChI is InChI=1S/3C6H8O7.3Zn/c3*7-4(8)1-3(6(11)12)13-2-5(9)10;;;/h3*3H,1-2H2,(H,7,8)(H,9,10)(H,11,12);;;/q;;;3*+2/p-6. The number of carboxylic acids is 9. The van der Waals surface area contributed by atoms with E-state index in [-0.39, 0.29) is 58.4 Å². The van der Waals surface area contributed by atoms with E-state index >= 15 is 0 Å². The van der Waals surface area contributed by atoms with Gasteiger partial charge in [0, 0.05) is 37.2 Å². The minimum Gasteiger partial charge on any atom is -0.550 e. The van der Waals surface area contributed by atoms with Crippen molar-refractivity contribution in [1.29, 1.82) is 0 Å². The summed E-state index contributed by atoms with van der Waals surface area (Å²) in [6, 6.07) is 0. The summed E-state index contributed by atoms with van der Waals surface area (Å²) in [7, 11) is 0. The topological polar surface area (TPSA) is 380 Å². The molecule has 0 rings (SSSR count). The van der Waals surface area contributed by atoms with E-state index in [4.69, 9.17) is 15.3 Å². The van der Waals surface area contributed by atoms with Crippen LogP contribution in [0.25, 0.3) is 0 Å². The second-order valence-electron chi connectivity index (χ2n) is 6.27. The quantitative estimate of drug-likeness (QED) is 0.109. The summed E-state index contributed by atoms with van der Waals surface area (Å²) in [5, 5.41) is 84.4. The SMILES string of the molecule is O=C([O-])CC(OCC(=O)O)C(=O)[O-].O=C([O-])CC(OCC(=O)O)C(=O)[O-].O=C([O-])CC(OCC(=O)O)C(=O)[O-].[Zn+2].[Zn+2].[Zn+2]. The maximum Gasteiger partial charge on any atom is 2.00 e. The second kappa shape index (κ2) is 29.5. The Morgan fingerprint density at radius 1 is 0.429 bits per heavy atom. The van der Waals surface area contributed by atoms with Gasteiger partial charge in [-0.15, -0.1) is 0 Å². The van der Waals surface area contributed by atoms with Crippen molar-refractivity contribution in [2.45, 2.75) is 37.6 Å². The summed E-state index contributed by atoms with van der Waals surface area (Å²) in [5.74, 6) is -14.5. The minimum absolute atomic E-state index is 0. The molecule has 24 heteroatoms. The first kappa shape index (κ1) is 51.7. The molecule has 0 radical (unpaired) electrons. The van der Waals surface area contributed by atoms with Gasteiger partial charge in [-0.3, -0.25) is 0 Å². The average molecular weight is 766 g/mol. The van der Waals surface area contributed by atoms with Crippen molar-refractivity contribution >= 4 is 53.7 Å². The second-order valence-corrected chi connectivity index (χ2v) is 6.27. The van der Waals surface area contributed by atoms with E-state index in [1.807, 2.05) is 0 Å². The monoisotopic (exact) mass is 762 g/mol. The van der Waals surface area contributed by atoms with Crippen LogP contribution in [-0.4, -0.2) is 107 Å². The Hall–Kier alpha value is -3.02. The predicted octanol–water partition coefficient (Wildman–Crippen LogP) is -11.0. The molecule has 3 unspecified atom stereocenters. The third kappa shape index (κ3) is 37.0. The fourth-order valence-corrected chi connectivity index (χ4v) is 1.60. The molecule has 0 saturated carbocycles. The smallest absolute Gasteiger partial charge is 0.550 e. The number of rotatable bonds is 18. The number of hydrogen-bond donors (Lipinski definition) is 3. The van der Waals surface area contributed by atoms with E-state index in [1.54, 1.807) is 0 Å². The predicted molar refractivity (Wildman–Crippen MR) is 96.0 cm³/mol. The molecule has 3 N–H and O–H groups in total. The first-order chi connectivity index (χ1) is 17.8. The number of carboxylic acid groups (broad SMARTS) is 9. The van der Waals surface area contributed by atoms with Gasteiger partial charge in [-0.25, -0.2) is 14.4 Å². The van der Waals surface area contributed by atoms with Crippen LogP contribution in [0.3, 0.4) is 0 Å². The van der Waals surface area contributed by atoms with Crippen LogP contribution in [-0.2, 0) is 116 Å². The fraction of sp³-hybridized carbons (Fsp3) is 0.500. The molecule has 0 bridgehead atoms. The molecule has 0 aliphatic rings. The fourth-order valence-electron chi connectivity index (χ4n) is 1.60. The van der Waals surface area contributed by atoms with Crippen molar-refractivity contribution in [1.82, 2.24) is 0 Å². The van der Waals surface area contributed by atoms with Gasteiger partial charge in [-0.1, -0.05) is 0 Å². The van der Waals surface area contributed by atoms with E-state index in [0.29, 0.717) is 0 Å². The number of aliphatic carboxylic acids is 9. The van der Waals surface area contributed by atoms with Gasteiger partial charge >= 0.3 is 76.3 Å². The van der Waals surface area contributed by atoms with Crippen molar-refractivity contribution in [2.24, 2.45) is 0 Å².